The summed E-state index contributed by atoms with van der Waals surface area (Å²) in [5.41, 5.74) is 4.84. The van der Waals surface area contributed by atoms with Crippen molar-refractivity contribution in [2.24, 2.45) is 5.92 Å². The highest BCUT2D eigenvalue weighted by molar-refractivity contribution is 5.96. The lowest BCUT2D eigenvalue weighted by atomic mass is 9.96. The van der Waals surface area contributed by atoms with Crippen molar-refractivity contribution < 1.29 is 9.59 Å². The van der Waals surface area contributed by atoms with Crippen molar-refractivity contribution in [3.05, 3.63) is 64.7 Å². The second-order valence-electron chi connectivity index (χ2n) is 7.33. The van der Waals surface area contributed by atoms with Crippen LogP contribution in [0.1, 0.15) is 39.9 Å². The van der Waals surface area contributed by atoms with E-state index >= 15 is 0 Å². The summed E-state index contributed by atoms with van der Waals surface area (Å²) in [7, 11) is 0. The van der Waals surface area contributed by atoms with Crippen molar-refractivity contribution >= 4 is 17.5 Å². The summed E-state index contributed by atoms with van der Waals surface area (Å²) in [6.07, 6.45) is 1.66. The van der Waals surface area contributed by atoms with Gasteiger partial charge in [0.2, 0.25) is 5.91 Å². The highest BCUT2D eigenvalue weighted by Crippen LogP contribution is 2.22. The number of anilines is 1. The molecule has 1 saturated heterocycles. The largest absolute Gasteiger partial charge is 0.338 e. The number of benzene rings is 2. The number of carbonyl (C=O) groups excluding carboxylic acids is 2. The Morgan fingerprint density at radius 1 is 1.00 bits per heavy atom. The summed E-state index contributed by atoms with van der Waals surface area (Å²) in [5, 5.41) is 3.02. The lowest BCUT2D eigenvalue weighted by Crippen LogP contribution is -2.43. The summed E-state index contributed by atoms with van der Waals surface area (Å²) in [6, 6.07) is 13.7. The Bertz CT molecular complexity index is 808. The van der Waals surface area contributed by atoms with Crippen LogP contribution in [0, 0.1) is 26.7 Å². The fourth-order valence-corrected chi connectivity index (χ4v) is 3.63. The van der Waals surface area contributed by atoms with Gasteiger partial charge in [-0.25, -0.2) is 0 Å². The first-order chi connectivity index (χ1) is 12.4. The fraction of sp³-hybridized carbons (Fsp3) is 0.364. The lowest BCUT2D eigenvalue weighted by Gasteiger charge is -2.32. The molecule has 0 aliphatic carbocycles. The second-order valence-corrected chi connectivity index (χ2v) is 7.33. The zero-order valence-corrected chi connectivity index (χ0v) is 15.7. The van der Waals surface area contributed by atoms with Crippen LogP contribution in [-0.4, -0.2) is 29.8 Å². The molecular weight excluding hydrogens is 324 g/mol. The van der Waals surface area contributed by atoms with Gasteiger partial charge in [0.1, 0.15) is 0 Å². The molecule has 2 amide bonds. The Morgan fingerprint density at radius 2 is 1.73 bits per heavy atom. The third kappa shape index (κ3) is 4.31. The average Bonchev–Trinajstić information content (AvgIpc) is 2.60. The first kappa shape index (κ1) is 18.2. The summed E-state index contributed by atoms with van der Waals surface area (Å²) in [5.74, 6) is -0.160. The number of carbonyl (C=O) groups is 2. The normalized spacial score (nSPS) is 17.0. The van der Waals surface area contributed by atoms with Gasteiger partial charge in [0.05, 0.1) is 5.92 Å². The van der Waals surface area contributed by atoms with Gasteiger partial charge < -0.3 is 10.2 Å². The Morgan fingerprint density at radius 3 is 2.42 bits per heavy atom. The molecule has 1 N–H and O–H groups in total. The number of hydrogen-bond acceptors (Lipinski definition) is 2. The standard InChI is InChI=1S/C22H26N2O2/c1-15-6-4-7-18(11-15)22(26)24-9-5-8-19(14-24)21(25)23-20-12-16(2)10-17(3)13-20/h4,6-7,10-13,19H,5,8-9,14H2,1-3H3,(H,23,25)/t19-/m0/s1. The van der Waals surface area contributed by atoms with Gasteiger partial charge in [-0.2, -0.15) is 0 Å². The maximum absolute atomic E-state index is 12.8. The molecule has 26 heavy (non-hydrogen) atoms. The third-order valence-electron chi connectivity index (χ3n) is 4.83. The Balaban J connectivity index is 1.67. The maximum atomic E-state index is 12.8. The van der Waals surface area contributed by atoms with Gasteiger partial charge in [-0.1, -0.05) is 23.8 Å². The molecule has 0 radical (unpaired) electrons. The minimum absolute atomic E-state index is 0.00302. The van der Waals surface area contributed by atoms with Crippen molar-refractivity contribution in [1.29, 1.82) is 0 Å². The Kier molecular flexibility index (Phi) is 5.40. The fourth-order valence-electron chi connectivity index (χ4n) is 3.63. The molecule has 1 aliphatic heterocycles. The van der Waals surface area contributed by atoms with Gasteiger partial charge >= 0.3 is 0 Å². The van der Waals surface area contributed by atoms with Gasteiger partial charge in [0, 0.05) is 24.3 Å². The molecule has 4 heteroatoms. The van der Waals surface area contributed by atoms with Crippen LogP contribution in [0.2, 0.25) is 0 Å². The highest BCUT2D eigenvalue weighted by Gasteiger charge is 2.29. The smallest absolute Gasteiger partial charge is 0.253 e. The van der Waals surface area contributed by atoms with Gasteiger partial charge in [0.15, 0.2) is 0 Å². The average molecular weight is 350 g/mol. The zero-order valence-electron chi connectivity index (χ0n) is 15.7. The molecule has 0 unspecified atom stereocenters. The van der Waals surface area contributed by atoms with E-state index in [-0.39, 0.29) is 17.7 Å². The van der Waals surface area contributed by atoms with E-state index in [4.69, 9.17) is 0 Å². The number of likely N-dealkylation sites (tertiary alicyclic amines) is 1. The van der Waals surface area contributed by atoms with E-state index in [0.717, 1.165) is 35.2 Å². The Hall–Kier alpha value is -2.62. The molecule has 4 nitrogen and oxygen atoms in total. The van der Waals surface area contributed by atoms with Crippen LogP contribution in [0.3, 0.4) is 0 Å². The van der Waals surface area contributed by atoms with Gasteiger partial charge in [-0.15, -0.1) is 0 Å². The molecular formula is C22H26N2O2. The van der Waals surface area contributed by atoms with E-state index < -0.39 is 0 Å². The highest BCUT2D eigenvalue weighted by atomic mass is 16.2. The minimum Gasteiger partial charge on any atom is -0.338 e. The molecule has 2 aromatic rings. The van der Waals surface area contributed by atoms with E-state index in [1.54, 1.807) is 0 Å². The van der Waals surface area contributed by atoms with Gasteiger partial charge in [0.25, 0.3) is 5.91 Å². The molecule has 1 aliphatic rings. The van der Waals surface area contributed by atoms with Crippen molar-refractivity contribution in [1.82, 2.24) is 4.90 Å². The van der Waals surface area contributed by atoms with E-state index in [0.29, 0.717) is 18.7 Å². The predicted molar refractivity (Wildman–Crippen MR) is 104 cm³/mol. The zero-order chi connectivity index (χ0) is 18.7. The summed E-state index contributed by atoms with van der Waals surface area (Å²) < 4.78 is 0. The number of rotatable bonds is 3. The monoisotopic (exact) mass is 350 g/mol. The third-order valence-corrected chi connectivity index (χ3v) is 4.83. The van der Waals surface area contributed by atoms with Crippen molar-refractivity contribution in [3.8, 4) is 0 Å². The number of hydrogen-bond donors (Lipinski definition) is 1. The predicted octanol–water partition coefficient (Wildman–Crippen LogP) is 4.10. The van der Waals surface area contributed by atoms with Crippen LogP contribution in [0.15, 0.2) is 42.5 Å². The lowest BCUT2D eigenvalue weighted by molar-refractivity contribution is -0.121. The molecule has 1 fully saturated rings. The maximum Gasteiger partial charge on any atom is 0.253 e. The van der Waals surface area contributed by atoms with Gasteiger partial charge in [-0.3, -0.25) is 9.59 Å². The molecule has 136 valence electrons. The van der Waals surface area contributed by atoms with Crippen LogP contribution >= 0.6 is 0 Å². The van der Waals surface area contributed by atoms with Crippen LogP contribution in [-0.2, 0) is 4.79 Å². The molecule has 2 aromatic carbocycles. The molecule has 0 aromatic heterocycles. The summed E-state index contributed by atoms with van der Waals surface area (Å²) in [4.78, 5) is 27.3. The van der Waals surface area contributed by atoms with Crippen LogP contribution in [0.25, 0.3) is 0 Å². The molecule has 1 heterocycles. The minimum atomic E-state index is -0.168. The first-order valence-corrected chi connectivity index (χ1v) is 9.17. The Labute approximate surface area is 155 Å². The molecule has 0 bridgehead atoms. The summed E-state index contributed by atoms with van der Waals surface area (Å²) in [6.45, 7) is 7.20. The van der Waals surface area contributed by atoms with Crippen LogP contribution in [0.5, 0.6) is 0 Å². The second kappa shape index (κ2) is 7.73. The topological polar surface area (TPSA) is 49.4 Å². The quantitative estimate of drug-likeness (QED) is 0.906. The first-order valence-electron chi connectivity index (χ1n) is 9.17. The number of aryl methyl sites for hydroxylation is 3. The van der Waals surface area contributed by atoms with Crippen molar-refractivity contribution in [2.75, 3.05) is 18.4 Å². The van der Waals surface area contributed by atoms with Crippen molar-refractivity contribution in [2.45, 2.75) is 33.6 Å². The van der Waals surface area contributed by atoms with E-state index in [2.05, 4.69) is 11.4 Å². The van der Waals surface area contributed by atoms with Crippen molar-refractivity contribution in [3.63, 3.8) is 0 Å². The molecule has 3 rings (SSSR count). The molecule has 1 atom stereocenters. The SMILES string of the molecule is Cc1cc(C)cc(NC(=O)[C@H]2CCCN(C(=O)c3cccc(C)c3)C2)c1. The van der Waals surface area contributed by atoms with Crippen LogP contribution in [0.4, 0.5) is 5.69 Å². The number of amides is 2. The van der Waals surface area contributed by atoms with Gasteiger partial charge in [-0.05, 0) is 69.0 Å². The van der Waals surface area contributed by atoms with E-state index in [1.165, 1.54) is 0 Å². The van der Waals surface area contributed by atoms with E-state index in [9.17, 15) is 9.59 Å². The van der Waals surface area contributed by atoms with E-state index in [1.807, 2.05) is 62.1 Å². The molecule has 0 saturated carbocycles. The summed E-state index contributed by atoms with van der Waals surface area (Å²) >= 11 is 0. The number of nitrogens with one attached hydrogen (secondary N) is 1. The molecule has 0 spiro atoms. The number of nitrogens with zero attached hydrogens (tertiary/aromatic N) is 1. The number of piperidine rings is 1. The van der Waals surface area contributed by atoms with Crippen LogP contribution < -0.4 is 5.32 Å².